The Hall–Kier alpha value is -1.30. The van der Waals surface area contributed by atoms with Gasteiger partial charge in [-0.3, -0.25) is 14.7 Å². The first-order chi connectivity index (χ1) is 8.86. The van der Waals surface area contributed by atoms with Crippen LogP contribution in [0.25, 0.3) is 0 Å². The fraction of sp³-hybridized carbons (Fsp3) is 0.538. The molecule has 0 aromatic carbocycles. The van der Waals surface area contributed by atoms with Crippen LogP contribution in [0.4, 0.5) is 0 Å². The number of carbonyl (C=O) groups is 1. The van der Waals surface area contributed by atoms with Gasteiger partial charge in [-0.2, -0.15) is 0 Å². The van der Waals surface area contributed by atoms with Crippen molar-refractivity contribution >= 4 is 5.78 Å². The van der Waals surface area contributed by atoms with Gasteiger partial charge in [0.15, 0.2) is 5.78 Å². The first-order valence-corrected chi connectivity index (χ1v) is 6.48. The van der Waals surface area contributed by atoms with Crippen molar-refractivity contribution in [3.63, 3.8) is 0 Å². The molecule has 0 saturated carbocycles. The summed E-state index contributed by atoms with van der Waals surface area (Å²) in [5.41, 5.74) is 0.745. The predicted molar refractivity (Wildman–Crippen MR) is 68.6 cm³/mol. The Morgan fingerprint density at radius 3 is 2.89 bits per heavy atom. The fourth-order valence-corrected chi connectivity index (χ4v) is 2.84. The number of fused-ring (bicyclic) bond motifs is 1. The normalized spacial score (nSPS) is 28.7. The van der Waals surface area contributed by atoms with E-state index in [9.17, 15) is 4.79 Å². The van der Waals surface area contributed by atoms with Crippen LogP contribution in [-0.4, -0.2) is 60.5 Å². The molecule has 0 aliphatic carbocycles. The van der Waals surface area contributed by atoms with Gasteiger partial charge in [0.1, 0.15) is 0 Å². The van der Waals surface area contributed by atoms with Crippen LogP contribution in [0.15, 0.2) is 24.5 Å². The van der Waals surface area contributed by atoms with Crippen molar-refractivity contribution in [3.05, 3.63) is 30.1 Å². The summed E-state index contributed by atoms with van der Waals surface area (Å²) in [6.07, 6.45) is 3.35. The number of rotatable bonds is 2. The molecule has 1 aromatic heterocycles. The van der Waals surface area contributed by atoms with E-state index in [0.717, 1.165) is 38.3 Å². The van der Waals surface area contributed by atoms with Gasteiger partial charge in [-0.15, -0.1) is 0 Å². The summed E-state index contributed by atoms with van der Waals surface area (Å²) >= 11 is 0. The highest BCUT2D eigenvalue weighted by Gasteiger charge is 2.37. The lowest BCUT2D eigenvalue weighted by Crippen LogP contribution is -2.67. The van der Waals surface area contributed by atoms with Crippen LogP contribution in [-0.2, 0) is 0 Å². The highest BCUT2D eigenvalue weighted by atomic mass is 16.1. The van der Waals surface area contributed by atoms with E-state index < -0.39 is 0 Å². The van der Waals surface area contributed by atoms with Crippen molar-refractivity contribution in [1.82, 2.24) is 20.5 Å². The van der Waals surface area contributed by atoms with Gasteiger partial charge in [-0.1, -0.05) is 0 Å². The number of nitrogens with zero attached hydrogens (tertiary/aromatic N) is 2. The topological polar surface area (TPSA) is 57.3 Å². The first-order valence-electron chi connectivity index (χ1n) is 6.48. The molecule has 2 aliphatic rings. The second kappa shape index (κ2) is 5.14. The molecule has 0 amide bonds. The third-order valence-corrected chi connectivity index (χ3v) is 3.79. The number of hydrogen-bond acceptors (Lipinski definition) is 5. The van der Waals surface area contributed by atoms with E-state index in [-0.39, 0.29) is 17.9 Å². The smallest absolute Gasteiger partial charge is 0.181 e. The second-order valence-electron chi connectivity index (χ2n) is 4.84. The standard InChI is InChI=1S/C13H18N4O/c18-13(10-1-3-14-4-2-10)12-11-9-15-5-7-17(11)8-6-16-12/h1-4,11-12,15-16H,5-9H2. The Morgan fingerprint density at radius 1 is 1.28 bits per heavy atom. The highest BCUT2D eigenvalue weighted by molar-refractivity contribution is 6.00. The van der Waals surface area contributed by atoms with Crippen LogP contribution in [0, 0.1) is 0 Å². The molecule has 0 radical (unpaired) electrons. The van der Waals surface area contributed by atoms with Gasteiger partial charge >= 0.3 is 0 Å². The molecule has 5 nitrogen and oxygen atoms in total. The van der Waals surface area contributed by atoms with E-state index in [1.807, 2.05) is 0 Å². The van der Waals surface area contributed by atoms with Crippen molar-refractivity contribution in [1.29, 1.82) is 0 Å². The molecule has 2 aliphatic heterocycles. The Labute approximate surface area is 107 Å². The van der Waals surface area contributed by atoms with Crippen molar-refractivity contribution in [3.8, 4) is 0 Å². The van der Waals surface area contributed by atoms with Crippen molar-refractivity contribution in [2.24, 2.45) is 0 Å². The van der Waals surface area contributed by atoms with Crippen molar-refractivity contribution < 1.29 is 4.79 Å². The third kappa shape index (κ3) is 2.16. The number of aromatic nitrogens is 1. The molecule has 2 fully saturated rings. The molecule has 3 heterocycles. The molecule has 2 N–H and O–H groups in total. The van der Waals surface area contributed by atoms with Gasteiger partial charge < -0.3 is 10.6 Å². The van der Waals surface area contributed by atoms with Gasteiger partial charge in [0.2, 0.25) is 0 Å². The average molecular weight is 246 g/mol. The number of ketones is 1. The number of carbonyl (C=O) groups excluding carboxylic acids is 1. The van der Waals surface area contributed by atoms with Crippen LogP contribution in [0.3, 0.4) is 0 Å². The fourth-order valence-electron chi connectivity index (χ4n) is 2.84. The van der Waals surface area contributed by atoms with Crippen LogP contribution in [0.5, 0.6) is 0 Å². The molecule has 0 bridgehead atoms. The second-order valence-corrected chi connectivity index (χ2v) is 4.84. The number of hydrogen-bond donors (Lipinski definition) is 2. The summed E-state index contributed by atoms with van der Waals surface area (Å²) in [6.45, 7) is 4.86. The molecule has 0 spiro atoms. The van der Waals surface area contributed by atoms with E-state index in [1.165, 1.54) is 0 Å². The van der Waals surface area contributed by atoms with Crippen LogP contribution in [0.1, 0.15) is 10.4 Å². The summed E-state index contributed by atoms with van der Waals surface area (Å²) in [5.74, 6) is 0.177. The Balaban J connectivity index is 1.80. The Bertz CT molecular complexity index is 420. The van der Waals surface area contributed by atoms with E-state index in [2.05, 4.69) is 20.5 Å². The van der Waals surface area contributed by atoms with Gasteiger partial charge in [0, 0.05) is 56.7 Å². The highest BCUT2D eigenvalue weighted by Crippen LogP contribution is 2.15. The molecule has 3 rings (SSSR count). The lowest BCUT2D eigenvalue weighted by atomic mass is 9.94. The molecule has 2 saturated heterocycles. The number of piperazine rings is 2. The van der Waals surface area contributed by atoms with Crippen LogP contribution < -0.4 is 10.6 Å². The van der Waals surface area contributed by atoms with Gasteiger partial charge in [-0.05, 0) is 12.1 Å². The summed E-state index contributed by atoms with van der Waals surface area (Å²) in [6, 6.07) is 3.75. The average Bonchev–Trinajstić information content (AvgIpc) is 2.47. The number of pyridine rings is 1. The van der Waals surface area contributed by atoms with E-state index >= 15 is 0 Å². The molecule has 1 aromatic rings. The van der Waals surface area contributed by atoms with Crippen molar-refractivity contribution in [2.45, 2.75) is 12.1 Å². The monoisotopic (exact) mass is 246 g/mol. The maximum atomic E-state index is 12.5. The largest absolute Gasteiger partial charge is 0.314 e. The van der Waals surface area contributed by atoms with E-state index in [4.69, 9.17) is 0 Å². The predicted octanol–water partition coefficient (Wildman–Crippen LogP) is -0.490. The van der Waals surface area contributed by atoms with E-state index in [0.29, 0.717) is 0 Å². The lowest BCUT2D eigenvalue weighted by Gasteiger charge is -2.44. The summed E-state index contributed by atoms with van der Waals surface area (Å²) in [5, 5.41) is 6.74. The zero-order valence-corrected chi connectivity index (χ0v) is 10.3. The van der Waals surface area contributed by atoms with E-state index in [1.54, 1.807) is 24.5 Å². The molecule has 18 heavy (non-hydrogen) atoms. The quantitative estimate of drug-likeness (QED) is 0.690. The Morgan fingerprint density at radius 2 is 2.06 bits per heavy atom. The lowest BCUT2D eigenvalue weighted by molar-refractivity contribution is 0.0672. The SMILES string of the molecule is O=C(c1ccncc1)C1NCCN2CCNCC12. The van der Waals surface area contributed by atoms with Crippen LogP contribution >= 0.6 is 0 Å². The van der Waals surface area contributed by atoms with Gasteiger partial charge in [-0.25, -0.2) is 0 Å². The zero-order valence-electron chi connectivity index (χ0n) is 10.3. The maximum absolute atomic E-state index is 12.5. The minimum absolute atomic E-state index is 0.103. The zero-order chi connectivity index (χ0) is 12.4. The summed E-state index contributed by atoms with van der Waals surface area (Å²) in [7, 11) is 0. The maximum Gasteiger partial charge on any atom is 0.181 e. The minimum Gasteiger partial charge on any atom is -0.314 e. The molecule has 2 atom stereocenters. The molecule has 2 unspecified atom stereocenters. The minimum atomic E-state index is -0.103. The first kappa shape index (κ1) is 11.8. The molecule has 5 heteroatoms. The summed E-state index contributed by atoms with van der Waals surface area (Å²) in [4.78, 5) is 18.9. The number of Topliss-reactive ketones (excluding diaryl/α,β-unsaturated/α-hetero) is 1. The van der Waals surface area contributed by atoms with Gasteiger partial charge in [0.05, 0.1) is 6.04 Å². The third-order valence-electron chi connectivity index (χ3n) is 3.79. The Kier molecular flexibility index (Phi) is 3.36. The van der Waals surface area contributed by atoms with Gasteiger partial charge in [0.25, 0.3) is 0 Å². The molecular formula is C13H18N4O. The molecular weight excluding hydrogens is 228 g/mol. The molecule has 96 valence electrons. The number of nitrogens with one attached hydrogen (secondary N) is 2. The summed E-state index contributed by atoms with van der Waals surface area (Å²) < 4.78 is 0. The van der Waals surface area contributed by atoms with Crippen molar-refractivity contribution in [2.75, 3.05) is 32.7 Å². The van der Waals surface area contributed by atoms with Crippen LogP contribution in [0.2, 0.25) is 0 Å².